The van der Waals surface area contributed by atoms with Crippen LogP contribution in [0.4, 0.5) is 9.59 Å². The maximum Gasteiger partial charge on any atom is 0.423 e. The fourth-order valence-electron chi connectivity index (χ4n) is 1.60. The summed E-state index contributed by atoms with van der Waals surface area (Å²) >= 11 is 0. The second-order valence-electron chi connectivity index (χ2n) is 2.93. The molecule has 0 spiro atoms. The lowest BCUT2D eigenvalue weighted by Gasteiger charge is -2.07. The van der Waals surface area contributed by atoms with Gasteiger partial charge in [0.1, 0.15) is 0 Å². The van der Waals surface area contributed by atoms with Crippen LogP contribution >= 0.6 is 0 Å². The molecule has 1 heterocycles. The Labute approximate surface area is 64.5 Å². The van der Waals surface area contributed by atoms with Crippen LogP contribution in [-0.4, -0.2) is 28.6 Å². The molecule has 0 aromatic carbocycles. The number of urea groups is 2. The molecule has 0 saturated carbocycles. The molecule has 0 aromatic heterocycles. The van der Waals surface area contributed by atoms with E-state index >= 15 is 0 Å². The SMILES string of the molecule is CC1C(C)[N+]1(C(N)=O)C(N)=O. The van der Waals surface area contributed by atoms with E-state index in [1.807, 2.05) is 0 Å². The van der Waals surface area contributed by atoms with Gasteiger partial charge < -0.3 is 11.5 Å². The van der Waals surface area contributed by atoms with Crippen LogP contribution in [0.3, 0.4) is 0 Å². The van der Waals surface area contributed by atoms with Crippen LogP contribution < -0.4 is 11.5 Å². The quantitative estimate of drug-likeness (QED) is 0.376. The number of amides is 4. The molecule has 1 aliphatic rings. The summed E-state index contributed by atoms with van der Waals surface area (Å²) in [6.45, 7) is 3.56. The molecule has 1 rings (SSSR count). The first-order chi connectivity index (χ1) is 4.95. The van der Waals surface area contributed by atoms with Crippen molar-refractivity contribution in [1.29, 1.82) is 0 Å². The molecule has 1 fully saturated rings. The number of quaternary nitrogens is 1. The van der Waals surface area contributed by atoms with E-state index in [0.29, 0.717) is 0 Å². The molecule has 4 N–H and O–H groups in total. The number of hydrogen-bond donors (Lipinski definition) is 2. The summed E-state index contributed by atoms with van der Waals surface area (Å²) in [5.74, 6) is 0. The summed E-state index contributed by atoms with van der Waals surface area (Å²) in [7, 11) is 0. The predicted molar refractivity (Wildman–Crippen MR) is 38.4 cm³/mol. The van der Waals surface area contributed by atoms with Crippen LogP contribution in [0.2, 0.25) is 0 Å². The topological polar surface area (TPSA) is 86.2 Å². The summed E-state index contributed by atoms with van der Waals surface area (Å²) < 4.78 is -0.389. The Hall–Kier alpha value is -1.10. The fraction of sp³-hybridized carbons (Fsp3) is 0.667. The Morgan fingerprint density at radius 2 is 1.36 bits per heavy atom. The van der Waals surface area contributed by atoms with Gasteiger partial charge >= 0.3 is 12.1 Å². The summed E-state index contributed by atoms with van der Waals surface area (Å²) in [6.07, 6.45) is 0. The van der Waals surface area contributed by atoms with E-state index in [4.69, 9.17) is 11.5 Å². The van der Waals surface area contributed by atoms with E-state index in [1.54, 1.807) is 13.8 Å². The average molecular weight is 158 g/mol. The highest BCUT2D eigenvalue weighted by molar-refractivity contribution is 5.83. The van der Waals surface area contributed by atoms with Crippen molar-refractivity contribution in [2.24, 2.45) is 11.5 Å². The van der Waals surface area contributed by atoms with E-state index in [1.165, 1.54) is 0 Å². The minimum absolute atomic E-state index is 0.0648. The zero-order valence-electron chi connectivity index (χ0n) is 6.57. The molecule has 1 aliphatic heterocycles. The summed E-state index contributed by atoms with van der Waals surface area (Å²) in [6, 6.07) is -1.44. The van der Waals surface area contributed by atoms with Crippen LogP contribution in [0, 0.1) is 0 Å². The van der Waals surface area contributed by atoms with E-state index in [-0.39, 0.29) is 16.6 Å². The summed E-state index contributed by atoms with van der Waals surface area (Å²) in [4.78, 5) is 21.7. The number of nitrogens with two attached hydrogens (primary N) is 2. The first-order valence-electron chi connectivity index (χ1n) is 3.44. The van der Waals surface area contributed by atoms with E-state index in [2.05, 4.69) is 0 Å². The summed E-state index contributed by atoms with van der Waals surface area (Å²) in [5.41, 5.74) is 10.1. The number of carbonyl (C=O) groups is 2. The third-order valence-electron chi connectivity index (χ3n) is 2.62. The number of rotatable bonds is 0. The van der Waals surface area contributed by atoms with Gasteiger partial charge in [-0.25, -0.2) is 9.59 Å². The van der Waals surface area contributed by atoms with Crippen molar-refractivity contribution in [3.63, 3.8) is 0 Å². The molecule has 0 radical (unpaired) electrons. The number of nitrogens with zero attached hydrogens (tertiary/aromatic N) is 1. The molecule has 2 unspecified atom stereocenters. The van der Waals surface area contributed by atoms with Gasteiger partial charge in [0.25, 0.3) is 0 Å². The van der Waals surface area contributed by atoms with Crippen LogP contribution in [-0.2, 0) is 0 Å². The highest BCUT2D eigenvalue weighted by Crippen LogP contribution is 2.38. The van der Waals surface area contributed by atoms with Gasteiger partial charge in [-0.05, 0) is 13.8 Å². The lowest BCUT2D eigenvalue weighted by molar-refractivity contribution is -0.646. The van der Waals surface area contributed by atoms with Crippen LogP contribution in [0.5, 0.6) is 0 Å². The number of imide groups is 1. The molecule has 1 saturated heterocycles. The molecular formula is C6H12N3O2+. The molecule has 0 aliphatic carbocycles. The van der Waals surface area contributed by atoms with E-state index in [0.717, 1.165) is 0 Å². The highest BCUT2D eigenvalue weighted by atomic mass is 16.2. The molecule has 0 aromatic rings. The second-order valence-corrected chi connectivity index (χ2v) is 2.93. The lowest BCUT2D eigenvalue weighted by atomic mass is 10.4. The smallest absolute Gasteiger partial charge is 0.318 e. The first-order valence-corrected chi connectivity index (χ1v) is 3.44. The van der Waals surface area contributed by atoms with E-state index in [9.17, 15) is 9.59 Å². The monoisotopic (exact) mass is 158 g/mol. The molecule has 0 bridgehead atoms. The molecule has 5 heteroatoms. The number of carbonyl (C=O) groups excluding carboxylic acids is 2. The lowest BCUT2D eigenvalue weighted by Crippen LogP contribution is -2.49. The first kappa shape index (κ1) is 8.00. The Bertz CT molecular complexity index is 202. The van der Waals surface area contributed by atoms with Gasteiger partial charge in [-0.3, -0.25) is 0 Å². The average Bonchev–Trinajstić information content (AvgIpc) is 2.37. The van der Waals surface area contributed by atoms with Crippen LogP contribution in [0.25, 0.3) is 0 Å². The van der Waals surface area contributed by atoms with Gasteiger partial charge in [0.05, 0.1) is 0 Å². The fourth-order valence-corrected chi connectivity index (χ4v) is 1.60. The van der Waals surface area contributed by atoms with Crippen molar-refractivity contribution >= 4 is 12.1 Å². The third-order valence-corrected chi connectivity index (χ3v) is 2.62. The highest BCUT2D eigenvalue weighted by Gasteiger charge is 2.70. The van der Waals surface area contributed by atoms with Gasteiger partial charge in [-0.1, -0.05) is 0 Å². The number of primary amides is 2. The minimum Gasteiger partial charge on any atom is -0.318 e. The normalized spacial score (nSPS) is 32.9. The van der Waals surface area contributed by atoms with Crippen molar-refractivity contribution in [2.75, 3.05) is 0 Å². The Kier molecular flexibility index (Phi) is 1.41. The zero-order chi connectivity index (χ0) is 8.81. The van der Waals surface area contributed by atoms with Gasteiger partial charge in [0.15, 0.2) is 12.1 Å². The summed E-state index contributed by atoms with van der Waals surface area (Å²) in [5, 5.41) is 0. The molecule has 4 amide bonds. The zero-order valence-corrected chi connectivity index (χ0v) is 6.57. The van der Waals surface area contributed by atoms with E-state index < -0.39 is 12.1 Å². The molecule has 11 heavy (non-hydrogen) atoms. The second kappa shape index (κ2) is 1.94. The van der Waals surface area contributed by atoms with Crippen LogP contribution in [0.1, 0.15) is 13.8 Å². The molecule has 62 valence electrons. The van der Waals surface area contributed by atoms with Gasteiger partial charge in [0, 0.05) is 0 Å². The minimum atomic E-state index is -0.655. The van der Waals surface area contributed by atoms with Crippen molar-refractivity contribution in [2.45, 2.75) is 25.9 Å². The van der Waals surface area contributed by atoms with Crippen molar-refractivity contribution in [3.8, 4) is 0 Å². The molecular weight excluding hydrogens is 146 g/mol. The number of hydrogen-bond acceptors (Lipinski definition) is 2. The van der Waals surface area contributed by atoms with Crippen molar-refractivity contribution in [3.05, 3.63) is 0 Å². The Morgan fingerprint density at radius 3 is 1.36 bits per heavy atom. The van der Waals surface area contributed by atoms with Crippen LogP contribution in [0.15, 0.2) is 0 Å². The van der Waals surface area contributed by atoms with Gasteiger partial charge in [-0.2, -0.15) is 0 Å². The van der Waals surface area contributed by atoms with Gasteiger partial charge in [0.2, 0.25) is 0 Å². The van der Waals surface area contributed by atoms with Gasteiger partial charge in [-0.15, -0.1) is 4.48 Å². The third kappa shape index (κ3) is 0.683. The molecule has 5 nitrogen and oxygen atoms in total. The molecule has 2 atom stereocenters. The maximum atomic E-state index is 10.8. The maximum absolute atomic E-state index is 10.8. The Balaban J connectivity index is 2.96. The Morgan fingerprint density at radius 1 is 1.09 bits per heavy atom. The standard InChI is InChI=1S/C6H11N3O2/c1-3-4(2)9(3,5(7)10)6(8)11/h3-4H,1-2H3,(H3-,7,8,10,11)/p+1. The largest absolute Gasteiger partial charge is 0.423 e. The van der Waals surface area contributed by atoms with Crippen molar-refractivity contribution in [1.82, 2.24) is 0 Å². The predicted octanol–water partition coefficient (Wildman–Crippen LogP) is -0.249. The van der Waals surface area contributed by atoms with Crippen molar-refractivity contribution < 1.29 is 14.1 Å².